The number of ether oxygens (including phenoxy) is 1. The van der Waals surface area contributed by atoms with Crippen molar-refractivity contribution in [3.63, 3.8) is 0 Å². The van der Waals surface area contributed by atoms with E-state index in [0.29, 0.717) is 5.57 Å². The summed E-state index contributed by atoms with van der Waals surface area (Å²) in [6.45, 7) is 5.74. The van der Waals surface area contributed by atoms with Crippen molar-refractivity contribution < 1.29 is 28.4 Å². The van der Waals surface area contributed by atoms with E-state index in [-0.39, 0.29) is 13.2 Å². The van der Waals surface area contributed by atoms with Gasteiger partial charge in [-0.3, -0.25) is 4.52 Å². The SMILES string of the molecule is CCCCCCCCC(CCCCCCCC)=C(C)C(=O)OCCOP(=O)(O)O. The average molecular weight is 435 g/mol. The van der Waals surface area contributed by atoms with Crippen molar-refractivity contribution in [2.24, 2.45) is 0 Å². The van der Waals surface area contributed by atoms with Crippen molar-refractivity contribution >= 4 is 13.8 Å². The first-order valence-corrected chi connectivity index (χ1v) is 12.9. The maximum atomic E-state index is 12.3. The number of hydrogen-bond donors (Lipinski definition) is 2. The third kappa shape index (κ3) is 17.9. The van der Waals surface area contributed by atoms with Crippen molar-refractivity contribution in [1.82, 2.24) is 0 Å². The zero-order valence-electron chi connectivity index (χ0n) is 18.8. The Balaban J connectivity index is 4.53. The average Bonchev–Trinajstić information content (AvgIpc) is 2.67. The molecule has 0 unspecified atom stereocenters. The van der Waals surface area contributed by atoms with Crippen LogP contribution in [0.25, 0.3) is 0 Å². The van der Waals surface area contributed by atoms with E-state index in [2.05, 4.69) is 18.4 Å². The lowest BCUT2D eigenvalue weighted by Crippen LogP contribution is -2.12. The number of rotatable bonds is 19. The summed E-state index contributed by atoms with van der Waals surface area (Å²) in [5.41, 5.74) is 1.81. The molecule has 0 saturated heterocycles. The highest BCUT2D eigenvalue weighted by Crippen LogP contribution is 2.35. The minimum absolute atomic E-state index is 0.164. The maximum absolute atomic E-state index is 12.3. The zero-order chi connectivity index (χ0) is 22.0. The minimum Gasteiger partial charge on any atom is -0.460 e. The van der Waals surface area contributed by atoms with Crippen LogP contribution >= 0.6 is 7.82 Å². The largest absolute Gasteiger partial charge is 0.469 e. The number of allylic oxidation sites excluding steroid dienone is 1. The minimum atomic E-state index is -4.53. The molecule has 0 rings (SSSR count). The Kier molecular flexibility index (Phi) is 17.7. The van der Waals surface area contributed by atoms with Crippen LogP contribution in [0.1, 0.15) is 111 Å². The Labute approximate surface area is 177 Å². The smallest absolute Gasteiger partial charge is 0.460 e. The van der Waals surface area contributed by atoms with E-state index in [4.69, 9.17) is 14.5 Å². The number of carbonyl (C=O) groups excluding carboxylic acids is 1. The van der Waals surface area contributed by atoms with Crippen molar-refractivity contribution in [1.29, 1.82) is 0 Å². The molecular weight excluding hydrogens is 391 g/mol. The molecule has 0 aliphatic rings. The highest BCUT2D eigenvalue weighted by Gasteiger charge is 2.15. The number of phosphoric acid groups is 1. The molecule has 7 heteroatoms. The van der Waals surface area contributed by atoms with Gasteiger partial charge in [0.15, 0.2) is 0 Å². The predicted molar refractivity (Wildman–Crippen MR) is 118 cm³/mol. The highest BCUT2D eigenvalue weighted by molar-refractivity contribution is 7.46. The van der Waals surface area contributed by atoms with Crippen LogP contribution in [0.5, 0.6) is 0 Å². The van der Waals surface area contributed by atoms with Gasteiger partial charge in [0.2, 0.25) is 0 Å². The lowest BCUT2D eigenvalue weighted by molar-refractivity contribution is -0.139. The third-order valence-corrected chi connectivity index (χ3v) is 5.60. The molecular formula is C22H43O6P. The van der Waals surface area contributed by atoms with E-state index in [1.54, 1.807) is 6.92 Å². The van der Waals surface area contributed by atoms with Crippen molar-refractivity contribution in [3.8, 4) is 0 Å². The number of unbranched alkanes of at least 4 members (excludes halogenated alkanes) is 10. The molecule has 0 aliphatic heterocycles. The van der Waals surface area contributed by atoms with Crippen LogP contribution in [0.3, 0.4) is 0 Å². The number of esters is 1. The standard InChI is InChI=1S/C22H43O6P/c1-4-6-8-10-12-14-16-21(17-15-13-11-9-7-5-2)20(3)22(23)27-18-19-28-29(24,25)26/h4-19H2,1-3H3,(H2,24,25,26). The van der Waals surface area contributed by atoms with Gasteiger partial charge in [-0.15, -0.1) is 0 Å². The van der Waals surface area contributed by atoms with Gasteiger partial charge in [0, 0.05) is 5.57 Å². The Bertz CT molecular complexity index is 480. The first-order valence-electron chi connectivity index (χ1n) is 11.4. The molecule has 0 aromatic heterocycles. The molecule has 0 spiro atoms. The summed E-state index contributed by atoms with van der Waals surface area (Å²) in [4.78, 5) is 29.7. The Morgan fingerprint density at radius 3 is 1.66 bits per heavy atom. The highest BCUT2D eigenvalue weighted by atomic mass is 31.2. The van der Waals surface area contributed by atoms with Crippen molar-refractivity contribution in [3.05, 3.63) is 11.1 Å². The molecule has 0 fully saturated rings. The van der Waals surface area contributed by atoms with Gasteiger partial charge in [-0.2, -0.15) is 0 Å². The van der Waals surface area contributed by atoms with Gasteiger partial charge in [-0.25, -0.2) is 9.36 Å². The summed E-state index contributed by atoms with van der Waals surface area (Å²) in [5.74, 6) is -0.411. The molecule has 2 N–H and O–H groups in total. The van der Waals surface area contributed by atoms with Gasteiger partial charge < -0.3 is 14.5 Å². The van der Waals surface area contributed by atoms with Gasteiger partial charge in [0.25, 0.3) is 0 Å². The zero-order valence-corrected chi connectivity index (χ0v) is 19.7. The van der Waals surface area contributed by atoms with E-state index in [0.717, 1.165) is 31.3 Å². The fourth-order valence-electron chi connectivity index (χ4n) is 3.28. The molecule has 0 bridgehead atoms. The van der Waals surface area contributed by atoms with Crippen LogP contribution in [-0.4, -0.2) is 29.0 Å². The summed E-state index contributed by atoms with van der Waals surface area (Å²) in [6.07, 6.45) is 16.4. The summed E-state index contributed by atoms with van der Waals surface area (Å²) in [7, 11) is -4.53. The van der Waals surface area contributed by atoms with Gasteiger partial charge in [-0.1, -0.05) is 83.6 Å². The second-order valence-electron chi connectivity index (χ2n) is 7.72. The normalized spacial score (nSPS) is 11.5. The van der Waals surface area contributed by atoms with E-state index < -0.39 is 13.8 Å². The summed E-state index contributed by atoms with van der Waals surface area (Å²) < 4.78 is 20.1. The van der Waals surface area contributed by atoms with Crippen LogP contribution in [0, 0.1) is 0 Å². The summed E-state index contributed by atoms with van der Waals surface area (Å²) in [5, 5.41) is 0. The van der Waals surface area contributed by atoms with Crippen LogP contribution in [0.15, 0.2) is 11.1 Å². The molecule has 0 saturated carbocycles. The summed E-state index contributed by atoms with van der Waals surface area (Å²) in [6, 6.07) is 0. The van der Waals surface area contributed by atoms with Gasteiger partial charge in [0.05, 0.1) is 6.61 Å². The maximum Gasteiger partial charge on any atom is 0.469 e. The number of hydrogen-bond acceptors (Lipinski definition) is 4. The van der Waals surface area contributed by atoms with Gasteiger partial charge >= 0.3 is 13.8 Å². The van der Waals surface area contributed by atoms with Gasteiger partial charge in [0.1, 0.15) is 6.61 Å². The fourth-order valence-corrected chi connectivity index (χ4v) is 3.59. The van der Waals surface area contributed by atoms with Crippen LogP contribution in [0.2, 0.25) is 0 Å². The predicted octanol–water partition coefficient (Wildman–Crippen LogP) is 6.46. The van der Waals surface area contributed by atoms with Crippen LogP contribution < -0.4 is 0 Å². The monoisotopic (exact) mass is 434 g/mol. The van der Waals surface area contributed by atoms with E-state index in [9.17, 15) is 9.36 Å². The van der Waals surface area contributed by atoms with Gasteiger partial charge in [-0.05, 0) is 32.6 Å². The molecule has 0 heterocycles. The third-order valence-electron chi connectivity index (χ3n) is 5.08. The summed E-state index contributed by atoms with van der Waals surface area (Å²) >= 11 is 0. The quantitative estimate of drug-likeness (QED) is 0.105. The van der Waals surface area contributed by atoms with Crippen molar-refractivity contribution in [2.45, 2.75) is 111 Å². The Morgan fingerprint density at radius 1 is 0.759 bits per heavy atom. The molecule has 0 radical (unpaired) electrons. The Morgan fingerprint density at radius 2 is 1.21 bits per heavy atom. The van der Waals surface area contributed by atoms with Crippen LogP contribution in [-0.2, 0) is 18.6 Å². The molecule has 172 valence electrons. The molecule has 0 amide bonds. The number of carbonyl (C=O) groups is 1. The number of phosphoric ester groups is 1. The molecule has 0 aromatic rings. The Hall–Kier alpha value is -0.680. The molecule has 0 atom stereocenters. The second kappa shape index (κ2) is 18.1. The molecule has 29 heavy (non-hydrogen) atoms. The van der Waals surface area contributed by atoms with E-state index >= 15 is 0 Å². The van der Waals surface area contributed by atoms with E-state index in [1.165, 1.54) is 64.2 Å². The lowest BCUT2D eigenvalue weighted by atomic mass is 9.96. The molecule has 6 nitrogen and oxygen atoms in total. The second-order valence-corrected chi connectivity index (χ2v) is 8.96. The van der Waals surface area contributed by atoms with E-state index in [1.807, 2.05) is 0 Å². The molecule has 0 aromatic carbocycles. The topological polar surface area (TPSA) is 93.1 Å². The van der Waals surface area contributed by atoms with Crippen LogP contribution in [0.4, 0.5) is 0 Å². The first kappa shape index (κ1) is 28.3. The lowest BCUT2D eigenvalue weighted by Gasteiger charge is -2.13. The fraction of sp³-hybridized carbons (Fsp3) is 0.864. The first-order chi connectivity index (χ1) is 13.8. The van der Waals surface area contributed by atoms with Crippen molar-refractivity contribution in [2.75, 3.05) is 13.2 Å². The molecule has 0 aliphatic carbocycles.